The zero-order chi connectivity index (χ0) is 45.9. The molecule has 62 heavy (non-hydrogen) atoms. The van der Waals surface area contributed by atoms with E-state index in [2.05, 4.69) is 15.9 Å². The maximum atomic E-state index is 14.0. The molecule has 0 saturated heterocycles. The summed E-state index contributed by atoms with van der Waals surface area (Å²) in [5, 5.41) is 9.27. The highest BCUT2D eigenvalue weighted by atomic mass is 79.9. The Morgan fingerprint density at radius 1 is 0.742 bits per heavy atom. The standard InChI is InChI=1S/C23H28F3NO3.C17H23F3N2O2.C5H6BrClO/c1-14(2)27(16-7-4-3-5-8-16)21(29)17-11-15-12-20(28)22(9-6-10-22)30-19(15)13-18(17)23(24,25)26;1-10(2)22(11-6-4-3-5-7-11)16(24)12-8-14(21)15(23)9-13(12)17(18,19)20;6-5(4(7)8)2-1-3-5/h11,13-14,16H,3-10,12H2,1-2H3;8-11,23H,3-7,21H2,1-2H3;1-3H2. The van der Waals surface area contributed by atoms with Crippen molar-refractivity contribution in [2.24, 2.45) is 0 Å². The molecule has 1 spiro atoms. The molecule has 4 aliphatic carbocycles. The van der Waals surface area contributed by atoms with Gasteiger partial charge in [-0.1, -0.05) is 54.5 Å². The van der Waals surface area contributed by atoms with Crippen LogP contribution in [0.5, 0.6) is 11.5 Å². The first kappa shape index (κ1) is 49.5. The maximum absolute atomic E-state index is 14.0. The van der Waals surface area contributed by atoms with Crippen LogP contribution in [-0.2, 0) is 28.4 Å². The number of fused-ring (bicyclic) bond motifs is 1. The number of phenolic OH excluding ortho intramolecular Hbond substituents is 1. The molecule has 1 heterocycles. The number of Topliss-reactive ketones (excluding diaryl/α,β-unsaturated/α-hetero) is 1. The van der Waals surface area contributed by atoms with Crippen LogP contribution in [0.25, 0.3) is 0 Å². The van der Waals surface area contributed by atoms with Crippen molar-refractivity contribution in [1.82, 2.24) is 9.80 Å². The third kappa shape index (κ3) is 11.0. The van der Waals surface area contributed by atoms with E-state index < -0.39 is 52.2 Å². The molecule has 3 N–H and O–H groups in total. The molecule has 5 aliphatic rings. The SMILES string of the molecule is CC(C)N(C(=O)c1cc(N)c(O)cc1C(F)(F)F)C1CCCCC1.CC(C)N(C(=O)c1cc2c(cc1C(F)(F)F)OC1(CCC1)C(=O)C2)C1CCCCC1.O=C(Cl)C1(Br)CCC1. The summed E-state index contributed by atoms with van der Waals surface area (Å²) in [5.41, 5.74) is 1.71. The highest BCUT2D eigenvalue weighted by Gasteiger charge is 2.50. The second-order valence-corrected chi connectivity index (χ2v) is 19.7. The second kappa shape index (κ2) is 19.7. The number of nitrogen functional groups attached to an aromatic ring is 1. The Kier molecular flexibility index (Phi) is 15.7. The van der Waals surface area contributed by atoms with E-state index >= 15 is 0 Å². The highest BCUT2D eigenvalue weighted by molar-refractivity contribution is 9.10. The van der Waals surface area contributed by atoms with E-state index in [9.17, 15) is 50.6 Å². The highest BCUT2D eigenvalue weighted by Crippen LogP contribution is 2.46. The topological polar surface area (TPSA) is 130 Å². The molecule has 0 bridgehead atoms. The van der Waals surface area contributed by atoms with Gasteiger partial charge in [0.2, 0.25) is 5.24 Å². The molecule has 344 valence electrons. The molecule has 17 heteroatoms. The Morgan fingerprint density at radius 2 is 1.18 bits per heavy atom. The number of amides is 2. The average Bonchev–Trinajstić information content (AvgIpc) is 3.16. The summed E-state index contributed by atoms with van der Waals surface area (Å²) in [6.07, 6.45) is 4.63. The van der Waals surface area contributed by atoms with Crippen LogP contribution in [0.3, 0.4) is 0 Å². The van der Waals surface area contributed by atoms with E-state index in [-0.39, 0.29) is 62.9 Å². The van der Waals surface area contributed by atoms with Crippen molar-refractivity contribution < 1.29 is 55.4 Å². The molecule has 1 aliphatic heterocycles. The molecule has 9 nitrogen and oxygen atoms in total. The van der Waals surface area contributed by atoms with Crippen molar-refractivity contribution in [3.8, 4) is 11.5 Å². The van der Waals surface area contributed by atoms with E-state index in [1.165, 1.54) is 11.0 Å². The molecule has 2 amide bonds. The first-order valence-corrected chi connectivity index (χ1v) is 22.8. The molecular formula is C45H57BrClF6N3O6. The van der Waals surface area contributed by atoms with Gasteiger partial charge in [0.15, 0.2) is 11.4 Å². The van der Waals surface area contributed by atoms with Gasteiger partial charge in [-0.25, -0.2) is 0 Å². The van der Waals surface area contributed by atoms with Gasteiger partial charge < -0.3 is 25.4 Å². The quantitative estimate of drug-likeness (QED) is 0.0929. The number of ether oxygens (including phenoxy) is 1. The molecule has 0 aromatic heterocycles. The van der Waals surface area contributed by atoms with E-state index in [4.69, 9.17) is 22.1 Å². The van der Waals surface area contributed by atoms with Gasteiger partial charge in [-0.05, 0) is 128 Å². The van der Waals surface area contributed by atoms with Crippen molar-refractivity contribution in [2.75, 3.05) is 5.73 Å². The summed E-state index contributed by atoms with van der Waals surface area (Å²) in [6, 6.07) is 3.09. The third-order valence-electron chi connectivity index (χ3n) is 12.8. The largest absolute Gasteiger partial charge is 0.506 e. The Balaban J connectivity index is 0.000000202. The minimum absolute atomic E-state index is 0.0128. The van der Waals surface area contributed by atoms with Crippen LogP contribution in [0.15, 0.2) is 24.3 Å². The number of carbonyl (C=O) groups excluding carboxylic acids is 4. The van der Waals surface area contributed by atoms with Crippen LogP contribution >= 0.6 is 27.5 Å². The molecule has 7 rings (SSSR count). The first-order chi connectivity index (χ1) is 28.9. The molecule has 4 saturated carbocycles. The van der Waals surface area contributed by atoms with E-state index in [0.29, 0.717) is 24.5 Å². The number of hydrogen-bond acceptors (Lipinski definition) is 7. The third-order valence-corrected chi connectivity index (χ3v) is 14.5. The molecule has 0 atom stereocenters. The summed E-state index contributed by atoms with van der Waals surface area (Å²) in [6.45, 7) is 7.27. The summed E-state index contributed by atoms with van der Waals surface area (Å²) in [5.74, 6) is -1.98. The predicted molar refractivity (Wildman–Crippen MR) is 228 cm³/mol. The number of rotatable bonds is 7. The van der Waals surface area contributed by atoms with Gasteiger partial charge in [0.25, 0.3) is 11.8 Å². The molecule has 2 aromatic carbocycles. The van der Waals surface area contributed by atoms with Crippen LogP contribution in [-0.4, -0.2) is 71.8 Å². The minimum atomic E-state index is -4.74. The first-order valence-electron chi connectivity index (χ1n) is 21.6. The number of benzene rings is 2. The number of anilines is 1. The summed E-state index contributed by atoms with van der Waals surface area (Å²) in [7, 11) is 0. The van der Waals surface area contributed by atoms with Crippen LogP contribution < -0.4 is 10.5 Å². The lowest BCUT2D eigenvalue weighted by Crippen LogP contribution is -2.53. The number of alkyl halides is 7. The van der Waals surface area contributed by atoms with Crippen molar-refractivity contribution in [3.05, 3.63) is 52.1 Å². The summed E-state index contributed by atoms with van der Waals surface area (Å²) in [4.78, 5) is 52.5. The Hall–Kier alpha value is -3.53. The number of nitrogens with zero attached hydrogens (tertiary/aromatic N) is 2. The van der Waals surface area contributed by atoms with Crippen molar-refractivity contribution in [1.29, 1.82) is 0 Å². The minimum Gasteiger partial charge on any atom is -0.506 e. The normalized spacial score (nSPS) is 19.7. The molecule has 2 aromatic rings. The fourth-order valence-electron chi connectivity index (χ4n) is 9.09. The Morgan fingerprint density at radius 3 is 1.53 bits per heavy atom. The number of aromatic hydroxyl groups is 1. The molecular weight excluding hydrogens is 908 g/mol. The zero-order valence-corrected chi connectivity index (χ0v) is 38.0. The molecule has 0 radical (unpaired) electrons. The van der Waals surface area contributed by atoms with Gasteiger partial charge in [0, 0.05) is 36.2 Å². The van der Waals surface area contributed by atoms with Crippen LogP contribution in [0.2, 0.25) is 0 Å². The number of carbonyl (C=O) groups is 4. The fourth-order valence-corrected chi connectivity index (χ4v) is 9.84. The van der Waals surface area contributed by atoms with E-state index in [1.54, 1.807) is 18.7 Å². The maximum Gasteiger partial charge on any atom is 0.417 e. The van der Waals surface area contributed by atoms with E-state index in [0.717, 1.165) is 102 Å². The number of hydrogen-bond donors (Lipinski definition) is 2. The van der Waals surface area contributed by atoms with Gasteiger partial charge in [0.05, 0.1) is 32.3 Å². The fraction of sp³-hybridized carbons (Fsp3) is 0.644. The van der Waals surface area contributed by atoms with Gasteiger partial charge in [-0.2, -0.15) is 26.3 Å². The lowest BCUT2D eigenvalue weighted by atomic mass is 9.73. The van der Waals surface area contributed by atoms with Gasteiger partial charge in [-0.3, -0.25) is 19.2 Å². The van der Waals surface area contributed by atoms with Crippen LogP contribution in [0.4, 0.5) is 32.0 Å². The second-order valence-electron chi connectivity index (χ2n) is 17.8. The lowest BCUT2D eigenvalue weighted by molar-refractivity contribution is -0.144. The Bertz CT molecular complexity index is 1970. The Labute approximate surface area is 372 Å². The van der Waals surface area contributed by atoms with Gasteiger partial charge in [0.1, 0.15) is 11.5 Å². The lowest BCUT2D eigenvalue weighted by Gasteiger charge is -2.44. The number of nitrogens with two attached hydrogens (primary N) is 1. The average molecular weight is 965 g/mol. The molecule has 4 fully saturated rings. The number of phenols is 1. The monoisotopic (exact) mass is 963 g/mol. The van der Waals surface area contributed by atoms with E-state index in [1.807, 2.05) is 13.8 Å². The van der Waals surface area contributed by atoms with Crippen LogP contribution in [0.1, 0.15) is 168 Å². The van der Waals surface area contributed by atoms with Crippen molar-refractivity contribution >= 4 is 56.1 Å². The van der Waals surface area contributed by atoms with Gasteiger partial charge in [-0.15, -0.1) is 0 Å². The summed E-state index contributed by atoms with van der Waals surface area (Å²) >= 11 is 8.49. The smallest absolute Gasteiger partial charge is 0.417 e. The van der Waals surface area contributed by atoms with Gasteiger partial charge >= 0.3 is 12.4 Å². The summed E-state index contributed by atoms with van der Waals surface area (Å²) < 4.78 is 87.2. The van der Waals surface area contributed by atoms with Crippen LogP contribution in [0, 0.1) is 0 Å². The van der Waals surface area contributed by atoms with Crippen molar-refractivity contribution in [2.45, 2.75) is 183 Å². The van der Waals surface area contributed by atoms with Crippen molar-refractivity contribution in [3.63, 3.8) is 0 Å². The predicted octanol–water partition coefficient (Wildman–Crippen LogP) is 11.6. The number of halogens is 8. The molecule has 0 unspecified atom stereocenters. The zero-order valence-electron chi connectivity index (χ0n) is 35.6. The number of ketones is 1.